The molecule has 0 spiro atoms. The Labute approximate surface area is 130 Å². The van der Waals surface area contributed by atoms with Crippen molar-refractivity contribution in [2.75, 3.05) is 4.72 Å². The number of H-pyrrole nitrogens is 1. The first kappa shape index (κ1) is 16.0. The highest BCUT2D eigenvalue weighted by Crippen LogP contribution is 2.22. The van der Waals surface area contributed by atoms with Crippen LogP contribution in [0.1, 0.15) is 43.9 Å². The Hall–Kier alpha value is -2.33. The maximum Gasteiger partial charge on any atom is 0.263 e. The highest BCUT2D eigenvalue weighted by Gasteiger charge is 2.17. The van der Waals surface area contributed by atoms with Gasteiger partial charge in [-0.1, -0.05) is 26.3 Å². The van der Waals surface area contributed by atoms with Gasteiger partial charge in [0.05, 0.1) is 16.5 Å². The summed E-state index contributed by atoms with van der Waals surface area (Å²) in [6.45, 7) is 4.16. The molecule has 2 rings (SSSR count). The molecule has 0 aliphatic carbocycles. The van der Waals surface area contributed by atoms with E-state index >= 15 is 0 Å². The second kappa shape index (κ2) is 6.62. The topological polar surface area (TPSA) is 98.6 Å². The predicted octanol–water partition coefficient (Wildman–Crippen LogP) is 2.99. The molecule has 7 heteroatoms. The zero-order chi connectivity index (χ0) is 16.2. The minimum absolute atomic E-state index is 0.0395. The lowest BCUT2D eigenvalue weighted by Crippen LogP contribution is -2.13. The van der Waals surface area contributed by atoms with E-state index in [0.717, 1.165) is 18.5 Å². The number of aromatic amines is 1. The minimum atomic E-state index is -3.75. The van der Waals surface area contributed by atoms with Crippen molar-refractivity contribution in [1.29, 1.82) is 5.26 Å². The summed E-state index contributed by atoms with van der Waals surface area (Å²) in [5.74, 6) is 0.540. The molecule has 1 aromatic heterocycles. The molecule has 1 atom stereocenters. The van der Waals surface area contributed by atoms with E-state index in [4.69, 9.17) is 5.26 Å². The van der Waals surface area contributed by atoms with Gasteiger partial charge in [-0.2, -0.15) is 10.4 Å². The van der Waals surface area contributed by atoms with Crippen molar-refractivity contribution in [2.24, 2.45) is 0 Å². The van der Waals surface area contributed by atoms with Crippen LogP contribution in [-0.2, 0) is 10.0 Å². The van der Waals surface area contributed by atoms with Crippen molar-refractivity contribution in [1.82, 2.24) is 10.2 Å². The van der Waals surface area contributed by atoms with Crippen LogP contribution >= 0.6 is 0 Å². The second-order valence-corrected chi connectivity index (χ2v) is 6.83. The average molecular weight is 318 g/mol. The molecule has 0 aliphatic rings. The number of nitrogens with zero attached hydrogens (tertiary/aromatic N) is 2. The van der Waals surface area contributed by atoms with Crippen molar-refractivity contribution < 1.29 is 8.42 Å². The van der Waals surface area contributed by atoms with Gasteiger partial charge in [-0.3, -0.25) is 9.82 Å². The second-order valence-electron chi connectivity index (χ2n) is 5.14. The Morgan fingerprint density at radius 3 is 2.86 bits per heavy atom. The van der Waals surface area contributed by atoms with Gasteiger partial charge in [0, 0.05) is 11.8 Å². The fourth-order valence-electron chi connectivity index (χ4n) is 2.16. The SMILES string of the molecule is CCCC(C)c1cc(NS(=O)(=O)c2cccc(C#N)c2)n[nH]1. The molecular weight excluding hydrogens is 300 g/mol. The van der Waals surface area contributed by atoms with Gasteiger partial charge in [0.1, 0.15) is 0 Å². The maximum atomic E-state index is 12.3. The normalized spacial score (nSPS) is 12.6. The van der Waals surface area contributed by atoms with Crippen molar-refractivity contribution in [3.05, 3.63) is 41.6 Å². The highest BCUT2D eigenvalue weighted by molar-refractivity contribution is 7.92. The van der Waals surface area contributed by atoms with E-state index in [0.29, 0.717) is 5.56 Å². The summed E-state index contributed by atoms with van der Waals surface area (Å²) in [6.07, 6.45) is 2.04. The largest absolute Gasteiger partial charge is 0.280 e. The zero-order valence-electron chi connectivity index (χ0n) is 12.5. The van der Waals surface area contributed by atoms with E-state index in [1.165, 1.54) is 18.2 Å². The lowest BCUT2D eigenvalue weighted by atomic mass is 10.0. The van der Waals surface area contributed by atoms with Crippen molar-refractivity contribution in [3.63, 3.8) is 0 Å². The number of aromatic nitrogens is 2. The number of nitrogens with one attached hydrogen (secondary N) is 2. The number of anilines is 1. The number of nitriles is 1. The summed E-state index contributed by atoms with van der Waals surface area (Å²) in [6, 6.07) is 9.48. The van der Waals surface area contributed by atoms with Gasteiger partial charge >= 0.3 is 0 Å². The van der Waals surface area contributed by atoms with Crippen LogP contribution in [0.5, 0.6) is 0 Å². The van der Waals surface area contributed by atoms with E-state index in [2.05, 4.69) is 28.8 Å². The van der Waals surface area contributed by atoms with Crippen LogP contribution < -0.4 is 4.72 Å². The predicted molar refractivity (Wildman–Crippen MR) is 83.9 cm³/mol. The molecule has 22 heavy (non-hydrogen) atoms. The maximum absolute atomic E-state index is 12.3. The molecule has 6 nitrogen and oxygen atoms in total. The zero-order valence-corrected chi connectivity index (χ0v) is 13.3. The summed E-state index contributed by atoms with van der Waals surface area (Å²) in [5.41, 5.74) is 1.19. The lowest BCUT2D eigenvalue weighted by molar-refractivity contribution is 0.601. The van der Waals surface area contributed by atoms with E-state index in [1.807, 2.05) is 6.07 Å². The Bertz CT molecular complexity index is 790. The monoisotopic (exact) mass is 318 g/mol. The average Bonchev–Trinajstić information content (AvgIpc) is 2.95. The molecular formula is C15H18N4O2S. The van der Waals surface area contributed by atoms with Crippen LogP contribution in [0.15, 0.2) is 35.2 Å². The third kappa shape index (κ3) is 3.65. The molecule has 2 aromatic rings. The van der Waals surface area contributed by atoms with E-state index in [9.17, 15) is 8.42 Å². The number of sulfonamides is 1. The van der Waals surface area contributed by atoms with Crippen LogP contribution in [0, 0.1) is 11.3 Å². The molecule has 2 N–H and O–H groups in total. The summed E-state index contributed by atoms with van der Waals surface area (Å²) < 4.78 is 27.0. The molecule has 1 heterocycles. The van der Waals surface area contributed by atoms with Crippen molar-refractivity contribution >= 4 is 15.8 Å². The van der Waals surface area contributed by atoms with E-state index in [-0.39, 0.29) is 16.6 Å². The molecule has 0 fully saturated rings. The van der Waals surface area contributed by atoms with Crippen LogP contribution in [0.2, 0.25) is 0 Å². The Morgan fingerprint density at radius 2 is 2.18 bits per heavy atom. The molecule has 1 aromatic carbocycles. The van der Waals surface area contributed by atoms with Crippen LogP contribution in [0.4, 0.5) is 5.82 Å². The first-order chi connectivity index (χ1) is 10.5. The molecule has 116 valence electrons. The molecule has 0 bridgehead atoms. The van der Waals surface area contributed by atoms with Crippen LogP contribution in [0.25, 0.3) is 0 Å². The van der Waals surface area contributed by atoms with Gasteiger partial charge in [-0.25, -0.2) is 8.42 Å². The van der Waals surface area contributed by atoms with Crippen molar-refractivity contribution in [2.45, 2.75) is 37.5 Å². The summed E-state index contributed by atoms with van der Waals surface area (Å²) in [5, 5.41) is 15.7. The fourth-order valence-corrected chi connectivity index (χ4v) is 3.20. The number of rotatable bonds is 6. The van der Waals surface area contributed by atoms with Crippen molar-refractivity contribution in [3.8, 4) is 6.07 Å². The molecule has 0 amide bonds. The molecule has 0 saturated carbocycles. The lowest BCUT2D eigenvalue weighted by Gasteiger charge is -2.06. The van der Waals surface area contributed by atoms with E-state index in [1.54, 1.807) is 12.1 Å². The molecule has 0 aliphatic heterocycles. The smallest absolute Gasteiger partial charge is 0.263 e. The summed E-state index contributed by atoms with van der Waals surface area (Å²) >= 11 is 0. The van der Waals surface area contributed by atoms with Gasteiger partial charge in [0.2, 0.25) is 0 Å². The minimum Gasteiger partial charge on any atom is -0.280 e. The Morgan fingerprint density at radius 1 is 1.41 bits per heavy atom. The Kier molecular flexibility index (Phi) is 4.83. The first-order valence-corrected chi connectivity index (χ1v) is 8.53. The van der Waals surface area contributed by atoms with Gasteiger partial charge in [-0.05, 0) is 30.5 Å². The number of hydrogen-bond acceptors (Lipinski definition) is 4. The first-order valence-electron chi connectivity index (χ1n) is 7.04. The number of hydrogen-bond donors (Lipinski definition) is 2. The Balaban J connectivity index is 2.20. The quantitative estimate of drug-likeness (QED) is 0.855. The van der Waals surface area contributed by atoms with Crippen LogP contribution in [-0.4, -0.2) is 18.6 Å². The highest BCUT2D eigenvalue weighted by atomic mass is 32.2. The summed E-state index contributed by atoms with van der Waals surface area (Å²) in [4.78, 5) is 0.0395. The van der Waals surface area contributed by atoms with Gasteiger partial charge in [-0.15, -0.1) is 0 Å². The summed E-state index contributed by atoms with van der Waals surface area (Å²) in [7, 11) is -3.75. The standard InChI is InChI=1S/C15H18N4O2S/c1-3-5-11(2)14-9-15(18-17-14)19-22(20,21)13-7-4-6-12(8-13)10-16/h4,6-9,11H,3,5H2,1-2H3,(H2,17,18,19). The van der Waals surface area contributed by atoms with Gasteiger partial charge in [0.15, 0.2) is 5.82 Å². The number of benzene rings is 1. The third-order valence-corrected chi connectivity index (χ3v) is 4.72. The van der Waals surface area contributed by atoms with Gasteiger partial charge < -0.3 is 0 Å². The van der Waals surface area contributed by atoms with E-state index < -0.39 is 10.0 Å². The molecule has 0 saturated heterocycles. The fraction of sp³-hybridized carbons (Fsp3) is 0.333. The molecule has 0 radical (unpaired) electrons. The third-order valence-electron chi connectivity index (χ3n) is 3.36. The van der Waals surface area contributed by atoms with Crippen LogP contribution in [0.3, 0.4) is 0 Å². The van der Waals surface area contributed by atoms with Gasteiger partial charge in [0.25, 0.3) is 10.0 Å². The molecule has 1 unspecified atom stereocenters.